The van der Waals surface area contributed by atoms with Crippen LogP contribution in [0.2, 0.25) is 0 Å². The van der Waals surface area contributed by atoms with Crippen molar-refractivity contribution in [3.8, 4) is 5.69 Å². The van der Waals surface area contributed by atoms with Crippen LogP contribution in [0.5, 0.6) is 0 Å². The van der Waals surface area contributed by atoms with Crippen LogP contribution in [0.15, 0.2) is 54.6 Å². The molecule has 0 atom stereocenters. The summed E-state index contributed by atoms with van der Waals surface area (Å²) in [7, 11) is -3.30. The van der Waals surface area contributed by atoms with E-state index in [4.69, 9.17) is 0 Å². The van der Waals surface area contributed by atoms with E-state index in [1.807, 2.05) is 6.07 Å². The fourth-order valence-corrected chi connectivity index (χ4v) is 4.53. The smallest absolute Gasteiger partial charge is 0.269 e. The maximum absolute atomic E-state index is 12.7. The van der Waals surface area contributed by atoms with Gasteiger partial charge >= 0.3 is 0 Å². The van der Waals surface area contributed by atoms with Crippen LogP contribution in [0, 0.1) is 10.1 Å². The molecule has 1 aromatic heterocycles. The molecule has 2 heterocycles. The van der Waals surface area contributed by atoms with Gasteiger partial charge in [0, 0.05) is 23.3 Å². The number of nitro benzene ring substituents is 1. The quantitative estimate of drug-likeness (QED) is 0.532. The van der Waals surface area contributed by atoms with Crippen LogP contribution >= 0.6 is 0 Å². The SMILES string of the molecule is O=C(Nc1c2c(nn1-c1ccccc1)CS(=O)(=O)C2)c1ccc([N+](=O)[O-])cc1. The first kappa shape index (κ1) is 17.9. The Morgan fingerprint density at radius 1 is 1.07 bits per heavy atom. The molecule has 0 aliphatic carbocycles. The number of anilines is 1. The molecule has 1 amide bonds. The Morgan fingerprint density at radius 2 is 1.75 bits per heavy atom. The summed E-state index contributed by atoms with van der Waals surface area (Å²) in [6.07, 6.45) is 0. The molecule has 1 N–H and O–H groups in total. The molecule has 10 heteroatoms. The molecule has 0 radical (unpaired) electrons. The van der Waals surface area contributed by atoms with Crippen molar-refractivity contribution < 1.29 is 18.1 Å². The summed E-state index contributed by atoms with van der Waals surface area (Å²) >= 11 is 0. The highest BCUT2D eigenvalue weighted by Crippen LogP contribution is 2.33. The number of benzene rings is 2. The zero-order chi connectivity index (χ0) is 19.9. The zero-order valence-electron chi connectivity index (χ0n) is 14.4. The Morgan fingerprint density at radius 3 is 2.39 bits per heavy atom. The van der Waals surface area contributed by atoms with Gasteiger partial charge < -0.3 is 5.32 Å². The summed E-state index contributed by atoms with van der Waals surface area (Å²) in [5, 5.41) is 17.9. The van der Waals surface area contributed by atoms with E-state index in [-0.39, 0.29) is 28.6 Å². The van der Waals surface area contributed by atoms with Gasteiger partial charge in [-0.2, -0.15) is 5.10 Å². The van der Waals surface area contributed by atoms with E-state index in [0.717, 1.165) is 0 Å². The summed E-state index contributed by atoms with van der Waals surface area (Å²) in [4.78, 5) is 22.9. The molecule has 0 fully saturated rings. The second-order valence-corrected chi connectivity index (χ2v) is 8.38. The summed E-state index contributed by atoms with van der Waals surface area (Å²) in [6.45, 7) is 0. The van der Waals surface area contributed by atoms with Gasteiger partial charge in [-0.3, -0.25) is 14.9 Å². The number of fused-ring (bicyclic) bond motifs is 1. The number of aromatic nitrogens is 2. The van der Waals surface area contributed by atoms with Crippen molar-refractivity contribution in [2.75, 3.05) is 5.32 Å². The Hall–Kier alpha value is -3.53. The lowest BCUT2D eigenvalue weighted by Crippen LogP contribution is -2.17. The number of nitrogens with one attached hydrogen (secondary N) is 1. The normalized spacial score (nSPS) is 14.4. The van der Waals surface area contributed by atoms with Crippen molar-refractivity contribution in [1.29, 1.82) is 0 Å². The molecule has 142 valence electrons. The minimum absolute atomic E-state index is 0.127. The molecule has 0 unspecified atom stereocenters. The summed E-state index contributed by atoms with van der Waals surface area (Å²) < 4.78 is 25.5. The second kappa shape index (κ2) is 6.57. The third-order valence-corrected chi connectivity index (χ3v) is 5.80. The van der Waals surface area contributed by atoms with Gasteiger partial charge in [0.05, 0.1) is 27.8 Å². The summed E-state index contributed by atoms with van der Waals surface area (Å²) in [6, 6.07) is 14.2. The van der Waals surface area contributed by atoms with Crippen LogP contribution in [-0.4, -0.2) is 29.0 Å². The standard InChI is InChI=1S/C18H14N4O5S/c23-18(12-6-8-14(9-7-12)22(24)25)19-17-15-10-28(26,27)11-16(15)20-21(17)13-4-2-1-3-5-13/h1-9H,10-11H2,(H,19,23). The average molecular weight is 398 g/mol. The number of carbonyl (C=O) groups is 1. The molecule has 0 bridgehead atoms. The van der Waals surface area contributed by atoms with E-state index in [1.165, 1.54) is 28.9 Å². The van der Waals surface area contributed by atoms with Crippen molar-refractivity contribution in [1.82, 2.24) is 9.78 Å². The fraction of sp³-hybridized carbons (Fsp3) is 0.111. The lowest BCUT2D eigenvalue weighted by Gasteiger charge is -2.11. The van der Waals surface area contributed by atoms with E-state index >= 15 is 0 Å². The van der Waals surface area contributed by atoms with Crippen molar-refractivity contribution in [2.45, 2.75) is 11.5 Å². The largest absolute Gasteiger partial charge is 0.306 e. The molecule has 3 aromatic rings. The number of hydrogen-bond donors (Lipinski definition) is 1. The highest BCUT2D eigenvalue weighted by atomic mass is 32.2. The van der Waals surface area contributed by atoms with E-state index < -0.39 is 20.7 Å². The molecule has 0 saturated heterocycles. The van der Waals surface area contributed by atoms with E-state index in [2.05, 4.69) is 10.4 Å². The van der Waals surface area contributed by atoms with Crippen LogP contribution < -0.4 is 5.32 Å². The number of nitrogens with zero attached hydrogens (tertiary/aromatic N) is 3. The minimum Gasteiger partial charge on any atom is -0.306 e. The van der Waals surface area contributed by atoms with Crippen LogP contribution in [0.3, 0.4) is 0 Å². The van der Waals surface area contributed by atoms with E-state index in [1.54, 1.807) is 24.3 Å². The van der Waals surface area contributed by atoms with Gasteiger partial charge in [-0.05, 0) is 24.3 Å². The molecule has 1 aliphatic rings. The molecule has 1 aliphatic heterocycles. The van der Waals surface area contributed by atoms with Crippen molar-refractivity contribution in [2.24, 2.45) is 0 Å². The first-order valence-corrected chi connectivity index (χ1v) is 10.1. The molecule has 0 spiro atoms. The molecular formula is C18H14N4O5S. The highest BCUT2D eigenvalue weighted by molar-refractivity contribution is 7.90. The van der Waals surface area contributed by atoms with Crippen molar-refractivity contribution in [3.05, 3.63) is 81.5 Å². The molecule has 4 rings (SSSR count). The molecule has 0 saturated carbocycles. The van der Waals surface area contributed by atoms with Gasteiger partial charge in [0.25, 0.3) is 11.6 Å². The lowest BCUT2D eigenvalue weighted by atomic mass is 10.2. The van der Waals surface area contributed by atoms with Crippen molar-refractivity contribution in [3.63, 3.8) is 0 Å². The van der Waals surface area contributed by atoms with Gasteiger partial charge in [0.15, 0.2) is 9.84 Å². The Balaban J connectivity index is 1.72. The summed E-state index contributed by atoms with van der Waals surface area (Å²) in [5.74, 6) is -0.613. The molecule has 2 aromatic carbocycles. The Bertz CT molecular complexity index is 1180. The molecule has 9 nitrogen and oxygen atoms in total. The number of rotatable bonds is 4. The lowest BCUT2D eigenvalue weighted by molar-refractivity contribution is -0.384. The maximum atomic E-state index is 12.7. The monoisotopic (exact) mass is 398 g/mol. The molecule has 28 heavy (non-hydrogen) atoms. The van der Waals surface area contributed by atoms with Gasteiger partial charge in [0.2, 0.25) is 0 Å². The van der Waals surface area contributed by atoms with Gasteiger partial charge in [-0.25, -0.2) is 13.1 Å². The fourth-order valence-electron chi connectivity index (χ4n) is 3.04. The van der Waals surface area contributed by atoms with Gasteiger partial charge in [0.1, 0.15) is 5.82 Å². The van der Waals surface area contributed by atoms with E-state index in [0.29, 0.717) is 16.9 Å². The number of sulfone groups is 1. The van der Waals surface area contributed by atoms with Crippen LogP contribution in [0.4, 0.5) is 11.5 Å². The number of non-ortho nitro benzene ring substituents is 1. The van der Waals surface area contributed by atoms with Gasteiger partial charge in [-0.15, -0.1) is 0 Å². The maximum Gasteiger partial charge on any atom is 0.269 e. The predicted octanol–water partition coefficient (Wildman–Crippen LogP) is 2.46. The number of hydrogen-bond acceptors (Lipinski definition) is 6. The first-order valence-electron chi connectivity index (χ1n) is 8.26. The summed E-state index contributed by atoms with van der Waals surface area (Å²) in [5.41, 5.74) is 1.62. The van der Waals surface area contributed by atoms with Crippen LogP contribution in [0.1, 0.15) is 21.6 Å². The topological polar surface area (TPSA) is 124 Å². The number of para-hydroxylation sites is 1. The average Bonchev–Trinajstić information content (AvgIpc) is 3.15. The first-order chi connectivity index (χ1) is 13.3. The Labute approximate surface area is 159 Å². The number of carbonyl (C=O) groups excluding carboxylic acids is 1. The predicted molar refractivity (Wildman–Crippen MR) is 101 cm³/mol. The highest BCUT2D eigenvalue weighted by Gasteiger charge is 2.33. The number of nitro groups is 1. The van der Waals surface area contributed by atoms with Crippen molar-refractivity contribution >= 4 is 27.2 Å². The molecular weight excluding hydrogens is 384 g/mol. The van der Waals surface area contributed by atoms with Crippen LogP contribution in [-0.2, 0) is 21.3 Å². The minimum atomic E-state index is -3.30. The van der Waals surface area contributed by atoms with Gasteiger partial charge in [-0.1, -0.05) is 18.2 Å². The third kappa shape index (κ3) is 3.25. The zero-order valence-corrected chi connectivity index (χ0v) is 15.2. The number of amides is 1. The van der Waals surface area contributed by atoms with Crippen LogP contribution in [0.25, 0.3) is 5.69 Å². The third-order valence-electron chi connectivity index (χ3n) is 4.36. The second-order valence-electron chi connectivity index (χ2n) is 6.31. The van der Waals surface area contributed by atoms with E-state index in [9.17, 15) is 23.3 Å². The Kier molecular flexibility index (Phi) is 4.19.